The molecule has 0 N–H and O–H groups in total. The van der Waals surface area contributed by atoms with Crippen LogP contribution in [0.5, 0.6) is 5.75 Å². The zero-order chi connectivity index (χ0) is 7.68. The molecule has 0 atom stereocenters. The van der Waals surface area contributed by atoms with Gasteiger partial charge < -0.3 is 4.74 Å². The molecule has 2 rings (SSSR count). The largest absolute Gasteiger partial charge is 0.489 e. The van der Waals surface area contributed by atoms with Crippen molar-refractivity contribution in [3.8, 4) is 5.75 Å². The fourth-order valence-corrected chi connectivity index (χ4v) is 1.03. The van der Waals surface area contributed by atoms with E-state index in [1.54, 1.807) is 6.07 Å². The summed E-state index contributed by atoms with van der Waals surface area (Å²) in [5.74, 6) is 0.785. The number of benzene rings is 1. The Hall–Kier alpha value is -0.690. The van der Waals surface area contributed by atoms with Crippen LogP contribution in [0.15, 0.2) is 18.2 Å². The van der Waals surface area contributed by atoms with Crippen LogP contribution < -0.4 is 4.74 Å². The standard InChI is InChI=1S/C9H8ClO/c10-8-3-1-2-4-9(8)11-7-5-6-7/h2-4,7H,5-6H2. The Bertz CT molecular complexity index is 255. The molecule has 1 radical (unpaired) electrons. The first kappa shape index (κ1) is 6.99. The van der Waals surface area contributed by atoms with Gasteiger partial charge in [-0.2, -0.15) is 0 Å². The molecule has 0 saturated heterocycles. The Balaban J connectivity index is 2.15. The van der Waals surface area contributed by atoms with Crippen molar-refractivity contribution in [2.45, 2.75) is 18.9 Å². The van der Waals surface area contributed by atoms with Gasteiger partial charge in [0.2, 0.25) is 0 Å². The fraction of sp³-hybridized carbons (Fsp3) is 0.333. The Morgan fingerprint density at radius 3 is 3.00 bits per heavy atom. The second-order valence-corrected chi connectivity index (χ2v) is 3.08. The second-order valence-electron chi connectivity index (χ2n) is 2.67. The lowest BCUT2D eigenvalue weighted by molar-refractivity contribution is 0.303. The Kier molecular flexibility index (Phi) is 1.74. The van der Waals surface area contributed by atoms with Crippen LogP contribution in [0.1, 0.15) is 12.8 Å². The van der Waals surface area contributed by atoms with Gasteiger partial charge in [-0.1, -0.05) is 17.7 Å². The molecule has 0 aromatic heterocycles. The highest BCUT2D eigenvalue weighted by atomic mass is 35.5. The van der Waals surface area contributed by atoms with Crippen molar-refractivity contribution in [3.05, 3.63) is 29.3 Å². The summed E-state index contributed by atoms with van der Waals surface area (Å²) in [5.41, 5.74) is 0. The summed E-state index contributed by atoms with van der Waals surface area (Å²) in [6.45, 7) is 0. The highest BCUT2D eigenvalue weighted by molar-refractivity contribution is 6.32. The first-order valence-corrected chi connectivity index (χ1v) is 4.06. The minimum Gasteiger partial charge on any atom is -0.489 e. The quantitative estimate of drug-likeness (QED) is 0.658. The van der Waals surface area contributed by atoms with Gasteiger partial charge in [0.05, 0.1) is 11.1 Å². The molecule has 0 unspecified atom stereocenters. The predicted molar refractivity (Wildman–Crippen MR) is 43.9 cm³/mol. The summed E-state index contributed by atoms with van der Waals surface area (Å²) in [4.78, 5) is 0. The molecule has 0 amide bonds. The second kappa shape index (κ2) is 2.74. The summed E-state index contributed by atoms with van der Waals surface area (Å²) >= 11 is 5.84. The van der Waals surface area contributed by atoms with Gasteiger partial charge in [0, 0.05) is 0 Å². The molecule has 1 saturated carbocycles. The molecular weight excluding hydrogens is 160 g/mol. The molecule has 57 valence electrons. The summed E-state index contributed by atoms with van der Waals surface area (Å²) in [6, 6.07) is 8.26. The van der Waals surface area contributed by atoms with Crippen LogP contribution >= 0.6 is 11.6 Å². The highest BCUT2D eigenvalue weighted by Crippen LogP contribution is 2.30. The first-order valence-electron chi connectivity index (χ1n) is 3.68. The van der Waals surface area contributed by atoms with Crippen LogP contribution in [-0.4, -0.2) is 6.10 Å². The van der Waals surface area contributed by atoms with Gasteiger partial charge in [0.15, 0.2) is 0 Å². The summed E-state index contributed by atoms with van der Waals surface area (Å²) in [5, 5.41) is 0.652. The zero-order valence-corrected chi connectivity index (χ0v) is 6.77. The summed E-state index contributed by atoms with van der Waals surface area (Å²) < 4.78 is 5.50. The van der Waals surface area contributed by atoms with Gasteiger partial charge >= 0.3 is 0 Å². The minimum absolute atomic E-state index is 0.412. The van der Waals surface area contributed by atoms with Crippen LogP contribution in [0.3, 0.4) is 0 Å². The van der Waals surface area contributed by atoms with Gasteiger partial charge in [0.1, 0.15) is 5.75 Å². The lowest BCUT2D eigenvalue weighted by Gasteiger charge is -2.04. The van der Waals surface area contributed by atoms with Gasteiger partial charge in [-0.05, 0) is 31.0 Å². The van der Waals surface area contributed by atoms with Crippen molar-refractivity contribution in [1.82, 2.24) is 0 Å². The van der Waals surface area contributed by atoms with E-state index >= 15 is 0 Å². The van der Waals surface area contributed by atoms with E-state index in [1.807, 2.05) is 12.1 Å². The maximum Gasteiger partial charge on any atom is 0.138 e. The third-order valence-electron chi connectivity index (χ3n) is 1.59. The molecule has 1 nitrogen and oxygen atoms in total. The van der Waals surface area contributed by atoms with Gasteiger partial charge in [-0.3, -0.25) is 0 Å². The molecule has 1 aliphatic rings. The molecule has 2 heteroatoms. The topological polar surface area (TPSA) is 9.23 Å². The summed E-state index contributed by atoms with van der Waals surface area (Å²) in [7, 11) is 0. The lowest BCUT2D eigenvalue weighted by Crippen LogP contribution is -1.95. The molecule has 0 heterocycles. The van der Waals surface area contributed by atoms with Gasteiger partial charge in [-0.25, -0.2) is 0 Å². The predicted octanol–water partition coefficient (Wildman–Crippen LogP) is 2.68. The number of rotatable bonds is 2. The molecule has 11 heavy (non-hydrogen) atoms. The minimum atomic E-state index is 0.412. The third kappa shape index (κ3) is 1.66. The van der Waals surface area contributed by atoms with E-state index in [4.69, 9.17) is 16.3 Å². The fourth-order valence-electron chi connectivity index (χ4n) is 0.857. The van der Waals surface area contributed by atoms with E-state index < -0.39 is 0 Å². The Labute approximate surface area is 70.9 Å². The highest BCUT2D eigenvalue weighted by Gasteiger charge is 2.23. The van der Waals surface area contributed by atoms with E-state index in [9.17, 15) is 0 Å². The molecule has 1 aliphatic carbocycles. The molecule has 0 spiro atoms. The van der Waals surface area contributed by atoms with Crippen molar-refractivity contribution < 1.29 is 4.74 Å². The number of ether oxygens (including phenoxy) is 1. The lowest BCUT2D eigenvalue weighted by atomic mass is 10.3. The van der Waals surface area contributed by atoms with Gasteiger partial charge in [-0.15, -0.1) is 0 Å². The molecule has 1 aromatic carbocycles. The smallest absolute Gasteiger partial charge is 0.138 e. The average Bonchev–Trinajstić information content (AvgIpc) is 2.78. The van der Waals surface area contributed by atoms with Crippen LogP contribution in [0.25, 0.3) is 0 Å². The Morgan fingerprint density at radius 2 is 2.36 bits per heavy atom. The van der Waals surface area contributed by atoms with E-state index in [-0.39, 0.29) is 0 Å². The van der Waals surface area contributed by atoms with Crippen LogP contribution in [0.4, 0.5) is 0 Å². The number of hydrogen-bond donors (Lipinski definition) is 0. The molecule has 0 bridgehead atoms. The monoisotopic (exact) mass is 167 g/mol. The normalized spacial score (nSPS) is 16.5. The average molecular weight is 168 g/mol. The SMILES string of the molecule is Clc1c[c]ccc1OC1CC1. The van der Waals surface area contributed by atoms with Crippen molar-refractivity contribution in [2.24, 2.45) is 0 Å². The maximum absolute atomic E-state index is 5.84. The van der Waals surface area contributed by atoms with E-state index in [2.05, 4.69) is 6.07 Å². The summed E-state index contributed by atoms with van der Waals surface area (Å²) in [6.07, 6.45) is 2.74. The van der Waals surface area contributed by atoms with Crippen molar-refractivity contribution in [3.63, 3.8) is 0 Å². The van der Waals surface area contributed by atoms with Crippen LogP contribution in [0.2, 0.25) is 5.02 Å². The van der Waals surface area contributed by atoms with E-state index in [1.165, 1.54) is 0 Å². The van der Waals surface area contributed by atoms with E-state index in [0.717, 1.165) is 18.6 Å². The third-order valence-corrected chi connectivity index (χ3v) is 1.89. The number of hydrogen-bond acceptors (Lipinski definition) is 1. The maximum atomic E-state index is 5.84. The molecule has 1 fully saturated rings. The van der Waals surface area contributed by atoms with Crippen molar-refractivity contribution >= 4 is 11.6 Å². The van der Waals surface area contributed by atoms with Crippen molar-refractivity contribution in [2.75, 3.05) is 0 Å². The van der Waals surface area contributed by atoms with Crippen LogP contribution in [0, 0.1) is 6.07 Å². The van der Waals surface area contributed by atoms with Gasteiger partial charge in [0.25, 0.3) is 0 Å². The number of halogens is 1. The molecule has 0 aliphatic heterocycles. The first-order chi connectivity index (χ1) is 5.36. The molecule has 1 aromatic rings. The Morgan fingerprint density at radius 1 is 1.55 bits per heavy atom. The van der Waals surface area contributed by atoms with Crippen molar-refractivity contribution in [1.29, 1.82) is 0 Å². The van der Waals surface area contributed by atoms with Crippen LogP contribution in [-0.2, 0) is 0 Å². The molecular formula is C9H8ClO. The zero-order valence-electron chi connectivity index (χ0n) is 6.01. The van der Waals surface area contributed by atoms with E-state index in [0.29, 0.717) is 11.1 Å².